The number of aromatic amines is 1. The molecular weight excluding hydrogens is 803 g/mol. The van der Waals surface area contributed by atoms with E-state index in [-0.39, 0.29) is 31.8 Å². The summed E-state index contributed by atoms with van der Waals surface area (Å²) in [6, 6.07) is 1.91. The number of H-pyrrole nitrogens is 1. The zero-order valence-electron chi connectivity index (χ0n) is 36.9. The number of amides is 7. The number of alkyl carbamates (subject to hydrolysis) is 1. The molecule has 2 fully saturated rings. The van der Waals surface area contributed by atoms with E-state index >= 15 is 0 Å². The number of likely N-dealkylation sites (tertiary alicyclic amines) is 2. The average Bonchev–Trinajstić information content (AvgIpc) is 4.04. The molecule has 0 aliphatic carbocycles. The van der Waals surface area contributed by atoms with Crippen LogP contribution in [-0.2, 0) is 55.9 Å². The van der Waals surface area contributed by atoms with Crippen LogP contribution in [-0.4, -0.2) is 135 Å². The SMILES string of the molecule is CC[C@H](C)[C@@H](NC(=O)[C@H](C)NC(=O)[C@@H]1CCCN1C(=O)[C@@H]1CCCN1C(=O)[C@H](Cc1cnc[nH]1)NC(=O)[C@H](C)NC(=O)OC(C)(C)C)C(=O)N[C@H](Cc1ccccc1)C(=O)OC. The van der Waals surface area contributed by atoms with Gasteiger partial charge >= 0.3 is 12.1 Å². The van der Waals surface area contributed by atoms with E-state index in [9.17, 15) is 38.4 Å². The van der Waals surface area contributed by atoms with Crippen LogP contribution in [0.4, 0.5) is 4.79 Å². The molecule has 0 unspecified atom stereocenters. The molecule has 1 aromatic heterocycles. The molecule has 2 aliphatic rings. The number of methoxy groups -OCH3 is 1. The van der Waals surface area contributed by atoms with E-state index in [1.807, 2.05) is 37.3 Å². The van der Waals surface area contributed by atoms with Crippen molar-refractivity contribution in [3.8, 4) is 0 Å². The van der Waals surface area contributed by atoms with Crippen LogP contribution >= 0.6 is 0 Å². The largest absolute Gasteiger partial charge is 0.467 e. The molecule has 0 bridgehead atoms. The van der Waals surface area contributed by atoms with Gasteiger partial charge in [0.1, 0.15) is 47.9 Å². The summed E-state index contributed by atoms with van der Waals surface area (Å²) >= 11 is 0. The number of esters is 1. The van der Waals surface area contributed by atoms with E-state index in [1.54, 1.807) is 27.7 Å². The van der Waals surface area contributed by atoms with Gasteiger partial charge in [0.15, 0.2) is 0 Å². The van der Waals surface area contributed by atoms with E-state index in [0.717, 1.165) is 5.56 Å². The van der Waals surface area contributed by atoms with Crippen molar-refractivity contribution in [1.82, 2.24) is 46.4 Å². The molecule has 4 rings (SSSR count). The normalized spacial score (nSPS) is 19.2. The standard InChI is InChI=1S/C43H63N9O10/c1-9-25(2)34(38(56)49-31(41(59)61-8)21-28-15-11-10-12-16-28)50-36(54)26(3)46-37(55)32-17-13-19-51(32)40(58)33-18-14-20-52(33)39(57)30(22-29-23-44-24-45-29)48-35(53)27(4)47-42(60)62-43(5,6)7/h10-12,15-16,23-27,30-34H,9,13-14,17-22H2,1-8H3,(H,44,45)(H,46,55)(H,47,60)(H,48,53)(H,49,56)(H,50,54)/t25-,26-,27-,30-,31+,32-,33-,34+/m0/s1. The van der Waals surface area contributed by atoms with Gasteiger partial charge < -0.3 is 50.8 Å². The van der Waals surface area contributed by atoms with Gasteiger partial charge in [0.2, 0.25) is 35.4 Å². The van der Waals surface area contributed by atoms with Crippen molar-refractivity contribution in [2.24, 2.45) is 5.92 Å². The highest BCUT2D eigenvalue weighted by atomic mass is 16.6. The number of carbonyl (C=O) groups excluding carboxylic acids is 8. The smallest absolute Gasteiger partial charge is 0.408 e. The number of imidazole rings is 1. The first-order valence-corrected chi connectivity index (χ1v) is 21.2. The minimum Gasteiger partial charge on any atom is -0.467 e. The molecule has 2 aliphatic heterocycles. The minimum absolute atomic E-state index is 0.0228. The van der Waals surface area contributed by atoms with Gasteiger partial charge in [-0.15, -0.1) is 0 Å². The van der Waals surface area contributed by atoms with E-state index in [0.29, 0.717) is 37.8 Å². The lowest BCUT2D eigenvalue weighted by atomic mass is 9.97. The number of rotatable bonds is 18. The number of hydrogen-bond donors (Lipinski definition) is 6. The van der Waals surface area contributed by atoms with E-state index in [2.05, 4.69) is 36.6 Å². The average molecular weight is 866 g/mol. The molecule has 340 valence electrons. The Morgan fingerprint density at radius 3 is 2.02 bits per heavy atom. The molecule has 7 amide bonds. The second-order valence-electron chi connectivity index (χ2n) is 17.0. The van der Waals surface area contributed by atoms with Crippen molar-refractivity contribution < 1.29 is 47.8 Å². The zero-order chi connectivity index (χ0) is 45.7. The summed E-state index contributed by atoms with van der Waals surface area (Å²) in [6.45, 7) is 12.1. The van der Waals surface area contributed by atoms with Crippen LogP contribution in [0.3, 0.4) is 0 Å². The van der Waals surface area contributed by atoms with Gasteiger partial charge in [-0.05, 0) is 71.8 Å². The fraction of sp³-hybridized carbons (Fsp3) is 0.605. The Labute approximate surface area is 362 Å². The van der Waals surface area contributed by atoms with Gasteiger partial charge in [0, 0.05) is 37.8 Å². The first kappa shape index (κ1) is 48.7. The Bertz CT molecular complexity index is 1890. The van der Waals surface area contributed by atoms with Crippen LogP contribution in [0.25, 0.3) is 0 Å². The second-order valence-corrected chi connectivity index (χ2v) is 17.0. The number of ether oxygens (including phenoxy) is 2. The number of benzene rings is 1. The Hall–Kier alpha value is -6.01. The molecule has 3 heterocycles. The monoisotopic (exact) mass is 865 g/mol. The predicted octanol–water partition coefficient (Wildman–Crippen LogP) is 1.27. The van der Waals surface area contributed by atoms with Crippen LogP contribution in [0, 0.1) is 5.92 Å². The van der Waals surface area contributed by atoms with E-state index < -0.39 is 95.4 Å². The number of nitrogens with zero attached hydrogens (tertiary/aromatic N) is 3. The number of aromatic nitrogens is 2. The van der Waals surface area contributed by atoms with Crippen LogP contribution in [0.2, 0.25) is 0 Å². The molecule has 8 atom stereocenters. The lowest BCUT2D eigenvalue weighted by molar-refractivity contribution is -0.148. The molecule has 0 spiro atoms. The molecule has 19 nitrogen and oxygen atoms in total. The van der Waals surface area contributed by atoms with Crippen molar-refractivity contribution in [3.63, 3.8) is 0 Å². The summed E-state index contributed by atoms with van der Waals surface area (Å²) in [5.41, 5.74) is 0.559. The van der Waals surface area contributed by atoms with Gasteiger partial charge in [-0.2, -0.15) is 0 Å². The fourth-order valence-electron chi connectivity index (χ4n) is 7.45. The van der Waals surface area contributed by atoms with Gasteiger partial charge in [0.25, 0.3) is 0 Å². The topological polar surface area (TPSA) is 250 Å². The zero-order valence-corrected chi connectivity index (χ0v) is 36.9. The molecule has 2 aromatic rings. The maximum atomic E-state index is 14.2. The quantitative estimate of drug-likeness (QED) is 0.117. The summed E-state index contributed by atoms with van der Waals surface area (Å²) in [6.07, 6.45) is 4.53. The molecular formula is C43H63N9O10. The molecule has 0 radical (unpaired) electrons. The molecule has 2 saturated heterocycles. The summed E-state index contributed by atoms with van der Waals surface area (Å²) in [5, 5.41) is 13.4. The third-order valence-electron chi connectivity index (χ3n) is 11.0. The molecule has 19 heteroatoms. The molecule has 1 aromatic carbocycles. The Morgan fingerprint density at radius 1 is 0.790 bits per heavy atom. The number of nitrogens with one attached hydrogen (secondary N) is 6. The fourth-order valence-corrected chi connectivity index (χ4v) is 7.45. The van der Waals surface area contributed by atoms with Crippen molar-refractivity contribution in [3.05, 3.63) is 54.1 Å². The Morgan fingerprint density at radius 2 is 1.40 bits per heavy atom. The van der Waals surface area contributed by atoms with Crippen molar-refractivity contribution >= 4 is 47.5 Å². The van der Waals surface area contributed by atoms with Crippen LogP contribution in [0.5, 0.6) is 0 Å². The third-order valence-corrected chi connectivity index (χ3v) is 11.0. The summed E-state index contributed by atoms with van der Waals surface area (Å²) < 4.78 is 10.2. The van der Waals surface area contributed by atoms with Crippen LogP contribution < -0.4 is 26.6 Å². The Kier molecular flexibility index (Phi) is 17.4. The predicted molar refractivity (Wildman–Crippen MR) is 226 cm³/mol. The summed E-state index contributed by atoms with van der Waals surface area (Å²) in [4.78, 5) is 118. The maximum absolute atomic E-state index is 14.2. The summed E-state index contributed by atoms with van der Waals surface area (Å²) in [5.74, 6) is -4.37. The second kappa shape index (κ2) is 22.2. The van der Waals surface area contributed by atoms with Crippen molar-refractivity contribution in [2.75, 3.05) is 20.2 Å². The lowest BCUT2D eigenvalue weighted by Crippen LogP contribution is -2.59. The third kappa shape index (κ3) is 13.5. The lowest BCUT2D eigenvalue weighted by Gasteiger charge is -2.33. The highest BCUT2D eigenvalue weighted by molar-refractivity contribution is 5.97. The van der Waals surface area contributed by atoms with Crippen molar-refractivity contribution in [1.29, 1.82) is 0 Å². The highest BCUT2D eigenvalue weighted by Gasteiger charge is 2.44. The maximum Gasteiger partial charge on any atom is 0.408 e. The van der Waals surface area contributed by atoms with Crippen molar-refractivity contribution in [2.45, 2.75) is 141 Å². The minimum atomic E-state index is -1.13. The van der Waals surface area contributed by atoms with Gasteiger partial charge in [-0.25, -0.2) is 14.6 Å². The van der Waals surface area contributed by atoms with Crippen LogP contribution in [0.15, 0.2) is 42.9 Å². The molecule has 0 saturated carbocycles. The first-order chi connectivity index (χ1) is 29.3. The van der Waals surface area contributed by atoms with Gasteiger partial charge in [-0.3, -0.25) is 28.8 Å². The van der Waals surface area contributed by atoms with Crippen LogP contribution in [0.1, 0.15) is 91.8 Å². The molecule has 6 N–H and O–H groups in total. The highest BCUT2D eigenvalue weighted by Crippen LogP contribution is 2.26. The Balaban J connectivity index is 1.41. The number of hydrogen-bond acceptors (Lipinski definition) is 11. The first-order valence-electron chi connectivity index (χ1n) is 21.2. The molecule has 62 heavy (non-hydrogen) atoms. The van der Waals surface area contributed by atoms with Gasteiger partial charge in [-0.1, -0.05) is 50.6 Å². The summed E-state index contributed by atoms with van der Waals surface area (Å²) in [7, 11) is 1.23. The number of carbonyl (C=O) groups is 8. The van der Waals surface area contributed by atoms with Gasteiger partial charge in [0.05, 0.1) is 13.4 Å². The van der Waals surface area contributed by atoms with E-state index in [1.165, 1.54) is 43.3 Å². The van der Waals surface area contributed by atoms with E-state index in [4.69, 9.17) is 9.47 Å².